The van der Waals surface area contributed by atoms with E-state index < -0.39 is 0 Å². The molecule has 0 saturated carbocycles. The van der Waals surface area contributed by atoms with E-state index in [0.29, 0.717) is 28.6 Å². The van der Waals surface area contributed by atoms with E-state index in [1.807, 2.05) is 6.92 Å². The fourth-order valence-corrected chi connectivity index (χ4v) is 2.68. The molecule has 0 aliphatic rings. The second-order valence-electron chi connectivity index (χ2n) is 4.24. The number of hydrogen-bond donors (Lipinski definition) is 0. The number of hydrogen-bond acceptors (Lipinski definition) is 3. The van der Waals surface area contributed by atoms with Gasteiger partial charge < -0.3 is 4.74 Å². The van der Waals surface area contributed by atoms with E-state index in [4.69, 9.17) is 16.3 Å². The van der Waals surface area contributed by atoms with Crippen LogP contribution in [0, 0.1) is 0 Å². The second-order valence-corrected chi connectivity index (χ2v) is 5.50. The number of carbonyl (C=O) groups excluding carboxylic acids is 1. The van der Waals surface area contributed by atoms with Crippen LogP contribution in [0.4, 0.5) is 0 Å². The molecule has 0 aliphatic carbocycles. The van der Waals surface area contributed by atoms with E-state index >= 15 is 0 Å². The van der Waals surface area contributed by atoms with Crippen LogP contribution in [0.3, 0.4) is 0 Å². The maximum atomic E-state index is 12.6. The van der Waals surface area contributed by atoms with Crippen molar-refractivity contribution in [2.24, 2.45) is 0 Å². The number of benzene rings is 1. The third-order valence-corrected chi connectivity index (χ3v) is 3.76. The number of ketones is 1. The largest absolute Gasteiger partial charge is 0.496 e. The average Bonchev–Trinajstić information content (AvgIpc) is 2.79. The fraction of sp³-hybridized carbons (Fsp3) is 0.286. The van der Waals surface area contributed by atoms with Crippen molar-refractivity contribution in [1.82, 2.24) is 9.78 Å². The summed E-state index contributed by atoms with van der Waals surface area (Å²) in [5, 5.41) is 4.51. The van der Waals surface area contributed by atoms with Crippen LogP contribution < -0.4 is 4.74 Å². The maximum absolute atomic E-state index is 12.6. The number of ether oxygens (including phenoxy) is 1. The summed E-state index contributed by atoms with van der Waals surface area (Å²) in [5.74, 6) is 0.527. The van der Waals surface area contributed by atoms with Crippen LogP contribution in [0.2, 0.25) is 5.02 Å². The first-order valence-electron chi connectivity index (χ1n) is 6.18. The van der Waals surface area contributed by atoms with Gasteiger partial charge in [0.2, 0.25) is 5.78 Å². The molecular weight excluding hydrogens is 344 g/mol. The van der Waals surface area contributed by atoms with Gasteiger partial charge in [0.05, 0.1) is 22.8 Å². The Morgan fingerprint density at radius 3 is 2.85 bits per heavy atom. The molecule has 0 fully saturated rings. The third-order valence-electron chi connectivity index (χ3n) is 2.86. The summed E-state index contributed by atoms with van der Waals surface area (Å²) in [4.78, 5) is 12.6. The lowest BCUT2D eigenvalue weighted by Gasteiger charge is -2.08. The molecule has 0 aliphatic heterocycles. The molecule has 0 radical (unpaired) electrons. The molecule has 1 aromatic heterocycles. The molecule has 0 N–H and O–H groups in total. The van der Waals surface area contributed by atoms with Gasteiger partial charge in [-0.2, -0.15) is 5.10 Å². The summed E-state index contributed by atoms with van der Waals surface area (Å²) < 4.78 is 7.52. The van der Waals surface area contributed by atoms with Crippen LogP contribution in [0.15, 0.2) is 28.9 Å². The molecule has 0 bridgehead atoms. The van der Waals surface area contributed by atoms with Crippen molar-refractivity contribution in [2.75, 3.05) is 7.11 Å². The zero-order valence-corrected chi connectivity index (χ0v) is 13.5. The molecule has 0 saturated heterocycles. The molecule has 1 heterocycles. The highest BCUT2D eigenvalue weighted by Crippen LogP contribution is 2.27. The second kappa shape index (κ2) is 6.41. The highest BCUT2D eigenvalue weighted by molar-refractivity contribution is 9.10. The van der Waals surface area contributed by atoms with Crippen molar-refractivity contribution in [2.45, 2.75) is 19.9 Å². The van der Waals surface area contributed by atoms with Crippen LogP contribution in [0.25, 0.3) is 0 Å². The Labute approximate surface area is 130 Å². The number of halogens is 2. The smallest absolute Gasteiger partial charge is 0.212 e. The lowest BCUT2D eigenvalue weighted by Crippen LogP contribution is -2.12. The Morgan fingerprint density at radius 2 is 2.25 bits per heavy atom. The molecule has 6 heteroatoms. The predicted molar refractivity (Wildman–Crippen MR) is 81.7 cm³/mol. The Hall–Kier alpha value is -1.33. The van der Waals surface area contributed by atoms with E-state index in [1.54, 1.807) is 30.0 Å². The first kappa shape index (κ1) is 15.1. The molecule has 0 spiro atoms. The van der Waals surface area contributed by atoms with Crippen molar-refractivity contribution in [3.63, 3.8) is 0 Å². The monoisotopic (exact) mass is 356 g/mol. The van der Waals surface area contributed by atoms with Crippen LogP contribution in [0.5, 0.6) is 5.75 Å². The third kappa shape index (κ3) is 2.88. The Bertz CT molecular complexity index is 640. The zero-order chi connectivity index (χ0) is 14.7. The number of rotatable bonds is 5. The van der Waals surface area contributed by atoms with E-state index in [0.717, 1.165) is 10.9 Å². The molecule has 0 atom stereocenters. The summed E-state index contributed by atoms with van der Waals surface area (Å²) in [6, 6.07) is 5.18. The first-order valence-corrected chi connectivity index (χ1v) is 7.35. The predicted octanol–water partition coefficient (Wildman–Crippen LogP) is 3.95. The summed E-state index contributed by atoms with van der Waals surface area (Å²) in [5.41, 5.74) is 0.961. The van der Waals surface area contributed by atoms with Gasteiger partial charge in [0, 0.05) is 12.1 Å². The minimum absolute atomic E-state index is 0.149. The highest BCUT2D eigenvalue weighted by atomic mass is 79.9. The van der Waals surface area contributed by atoms with E-state index in [2.05, 4.69) is 21.0 Å². The van der Waals surface area contributed by atoms with Crippen molar-refractivity contribution in [1.29, 1.82) is 0 Å². The Kier molecular flexibility index (Phi) is 4.83. The van der Waals surface area contributed by atoms with Gasteiger partial charge >= 0.3 is 0 Å². The first-order chi connectivity index (χ1) is 9.58. The molecule has 2 aromatic rings. The van der Waals surface area contributed by atoms with Crippen LogP contribution in [-0.4, -0.2) is 22.7 Å². The van der Waals surface area contributed by atoms with Gasteiger partial charge in [0.1, 0.15) is 11.4 Å². The minimum atomic E-state index is -0.149. The van der Waals surface area contributed by atoms with Gasteiger partial charge in [-0.3, -0.25) is 9.48 Å². The maximum Gasteiger partial charge on any atom is 0.212 e. The molecule has 106 valence electrons. The standard InChI is InChI=1S/C14H14BrClN2O2/c1-3-6-18-13(11(16)8-17-18)14(19)9-4-5-12(20-2)10(15)7-9/h4-5,7-8H,3,6H2,1-2H3. The van der Waals surface area contributed by atoms with Gasteiger partial charge in [0.15, 0.2) is 0 Å². The van der Waals surface area contributed by atoms with Crippen molar-refractivity contribution in [3.8, 4) is 5.75 Å². The van der Waals surface area contributed by atoms with Crippen LogP contribution in [0.1, 0.15) is 29.4 Å². The number of aromatic nitrogens is 2. The van der Waals surface area contributed by atoms with E-state index in [9.17, 15) is 4.79 Å². The van der Waals surface area contributed by atoms with Crippen molar-refractivity contribution >= 4 is 33.3 Å². The topological polar surface area (TPSA) is 44.1 Å². The average molecular weight is 358 g/mol. The molecule has 1 aromatic carbocycles. The quantitative estimate of drug-likeness (QED) is 0.761. The lowest BCUT2D eigenvalue weighted by atomic mass is 10.1. The Balaban J connectivity index is 2.41. The fourth-order valence-electron chi connectivity index (χ4n) is 1.91. The Morgan fingerprint density at radius 1 is 1.50 bits per heavy atom. The van der Waals surface area contributed by atoms with Gasteiger partial charge in [-0.15, -0.1) is 0 Å². The summed E-state index contributed by atoms with van der Waals surface area (Å²) >= 11 is 9.46. The van der Waals surface area contributed by atoms with Gasteiger partial charge in [0.25, 0.3) is 0 Å². The van der Waals surface area contributed by atoms with Crippen LogP contribution >= 0.6 is 27.5 Å². The number of carbonyl (C=O) groups is 1. The zero-order valence-electron chi connectivity index (χ0n) is 11.2. The molecule has 20 heavy (non-hydrogen) atoms. The normalized spacial score (nSPS) is 10.6. The van der Waals surface area contributed by atoms with Crippen LogP contribution in [-0.2, 0) is 6.54 Å². The molecule has 4 nitrogen and oxygen atoms in total. The molecular formula is C14H14BrClN2O2. The van der Waals surface area contributed by atoms with Gasteiger partial charge in [-0.25, -0.2) is 0 Å². The van der Waals surface area contributed by atoms with E-state index in [-0.39, 0.29) is 5.78 Å². The number of nitrogens with zero attached hydrogens (tertiary/aromatic N) is 2. The lowest BCUT2D eigenvalue weighted by molar-refractivity contribution is 0.102. The molecule has 0 unspecified atom stereocenters. The van der Waals surface area contributed by atoms with Gasteiger partial charge in [-0.05, 0) is 40.5 Å². The highest BCUT2D eigenvalue weighted by Gasteiger charge is 2.19. The van der Waals surface area contributed by atoms with E-state index in [1.165, 1.54) is 6.20 Å². The molecule has 2 rings (SSSR count). The summed E-state index contributed by atoms with van der Waals surface area (Å²) in [6.07, 6.45) is 2.38. The number of aryl methyl sites for hydroxylation is 1. The minimum Gasteiger partial charge on any atom is -0.496 e. The van der Waals surface area contributed by atoms with Gasteiger partial charge in [-0.1, -0.05) is 18.5 Å². The van der Waals surface area contributed by atoms with Crippen molar-refractivity contribution in [3.05, 3.63) is 45.1 Å². The number of methoxy groups -OCH3 is 1. The van der Waals surface area contributed by atoms with Crippen molar-refractivity contribution < 1.29 is 9.53 Å². The summed E-state index contributed by atoms with van der Waals surface area (Å²) in [6.45, 7) is 2.68. The molecule has 0 amide bonds. The summed E-state index contributed by atoms with van der Waals surface area (Å²) in [7, 11) is 1.58. The SMILES string of the molecule is CCCn1ncc(Cl)c1C(=O)c1ccc(OC)c(Br)c1.